The summed E-state index contributed by atoms with van der Waals surface area (Å²) in [5.74, 6) is -0.374. The van der Waals surface area contributed by atoms with Crippen LogP contribution in [0.25, 0.3) is 0 Å². The standard InChI is InChI=1S/C15H18N4O3/c1-10-8-11(2)19(18-10)9-14(20)16-17-15(21)12-6-4-5-7-13(12)22-3/h4-8H,9H2,1-3H3,(H,16,20)(H,17,21). The number of aromatic nitrogens is 2. The number of aryl methyl sites for hydroxylation is 2. The summed E-state index contributed by atoms with van der Waals surface area (Å²) in [4.78, 5) is 23.9. The van der Waals surface area contributed by atoms with E-state index in [1.54, 1.807) is 28.9 Å². The minimum absolute atomic E-state index is 0.0336. The van der Waals surface area contributed by atoms with Gasteiger partial charge in [-0.3, -0.25) is 25.1 Å². The summed E-state index contributed by atoms with van der Waals surface area (Å²) in [6, 6.07) is 8.64. The number of rotatable bonds is 4. The molecule has 0 fully saturated rings. The minimum atomic E-state index is -0.445. The van der Waals surface area contributed by atoms with Crippen molar-refractivity contribution < 1.29 is 14.3 Å². The SMILES string of the molecule is COc1ccccc1C(=O)NNC(=O)Cn1nc(C)cc1C. The van der Waals surface area contributed by atoms with Crippen LogP contribution in [0, 0.1) is 13.8 Å². The second-order valence-corrected chi connectivity index (χ2v) is 4.79. The highest BCUT2D eigenvalue weighted by Gasteiger charge is 2.13. The number of para-hydroxylation sites is 1. The van der Waals surface area contributed by atoms with E-state index in [-0.39, 0.29) is 12.5 Å². The van der Waals surface area contributed by atoms with Gasteiger partial charge in [0.2, 0.25) is 0 Å². The third-order valence-electron chi connectivity index (χ3n) is 3.06. The number of carbonyl (C=O) groups is 2. The van der Waals surface area contributed by atoms with E-state index in [2.05, 4.69) is 16.0 Å². The molecule has 0 bridgehead atoms. The molecule has 2 rings (SSSR count). The lowest BCUT2D eigenvalue weighted by Gasteiger charge is -2.10. The zero-order valence-corrected chi connectivity index (χ0v) is 12.7. The fraction of sp³-hybridized carbons (Fsp3) is 0.267. The topological polar surface area (TPSA) is 85.3 Å². The van der Waals surface area contributed by atoms with Crippen LogP contribution in [0.1, 0.15) is 21.7 Å². The Labute approximate surface area is 128 Å². The van der Waals surface area contributed by atoms with Crippen LogP contribution >= 0.6 is 0 Å². The molecule has 0 aliphatic rings. The Bertz CT molecular complexity index is 694. The lowest BCUT2D eigenvalue weighted by molar-refractivity contribution is -0.122. The van der Waals surface area contributed by atoms with Crippen molar-refractivity contribution in [3.8, 4) is 5.75 Å². The summed E-state index contributed by atoms with van der Waals surface area (Å²) in [7, 11) is 1.48. The lowest BCUT2D eigenvalue weighted by atomic mass is 10.2. The van der Waals surface area contributed by atoms with Crippen LogP contribution in [0.2, 0.25) is 0 Å². The van der Waals surface area contributed by atoms with Crippen LogP contribution in [-0.2, 0) is 11.3 Å². The fourth-order valence-electron chi connectivity index (χ4n) is 2.04. The quantitative estimate of drug-likeness (QED) is 0.824. The number of amides is 2. The van der Waals surface area contributed by atoms with Crippen LogP contribution in [-0.4, -0.2) is 28.7 Å². The monoisotopic (exact) mass is 302 g/mol. The van der Waals surface area contributed by atoms with Crippen LogP contribution in [0.3, 0.4) is 0 Å². The molecular weight excluding hydrogens is 284 g/mol. The molecule has 2 aromatic rings. The van der Waals surface area contributed by atoms with Crippen molar-refractivity contribution in [3.63, 3.8) is 0 Å². The van der Waals surface area contributed by atoms with E-state index >= 15 is 0 Å². The number of benzene rings is 1. The van der Waals surface area contributed by atoms with E-state index in [1.807, 2.05) is 19.9 Å². The van der Waals surface area contributed by atoms with Crippen molar-refractivity contribution in [1.82, 2.24) is 20.6 Å². The molecule has 0 aliphatic carbocycles. The van der Waals surface area contributed by atoms with Gasteiger partial charge in [0.1, 0.15) is 12.3 Å². The highest BCUT2D eigenvalue weighted by molar-refractivity contribution is 5.97. The van der Waals surface area contributed by atoms with Crippen molar-refractivity contribution in [2.75, 3.05) is 7.11 Å². The molecule has 0 unspecified atom stereocenters. The smallest absolute Gasteiger partial charge is 0.273 e. The lowest BCUT2D eigenvalue weighted by Crippen LogP contribution is -2.43. The first kappa shape index (κ1) is 15.6. The molecule has 0 saturated carbocycles. The zero-order valence-electron chi connectivity index (χ0n) is 12.7. The summed E-state index contributed by atoms with van der Waals surface area (Å²) < 4.78 is 6.67. The van der Waals surface area contributed by atoms with Gasteiger partial charge in [0, 0.05) is 5.69 Å². The second kappa shape index (κ2) is 6.75. The Hall–Kier alpha value is -2.83. The van der Waals surface area contributed by atoms with Crippen LogP contribution in [0.4, 0.5) is 0 Å². The van der Waals surface area contributed by atoms with E-state index in [4.69, 9.17) is 4.74 Å². The molecule has 0 atom stereocenters. The predicted molar refractivity (Wildman–Crippen MR) is 80.3 cm³/mol. The van der Waals surface area contributed by atoms with Gasteiger partial charge >= 0.3 is 0 Å². The zero-order chi connectivity index (χ0) is 16.1. The van der Waals surface area contributed by atoms with E-state index in [0.29, 0.717) is 11.3 Å². The molecule has 2 amide bonds. The Kier molecular flexibility index (Phi) is 4.77. The van der Waals surface area contributed by atoms with Crippen molar-refractivity contribution in [1.29, 1.82) is 0 Å². The van der Waals surface area contributed by atoms with E-state index < -0.39 is 5.91 Å². The molecule has 116 valence electrons. The average molecular weight is 302 g/mol. The Balaban J connectivity index is 1.93. The van der Waals surface area contributed by atoms with E-state index in [0.717, 1.165) is 11.4 Å². The molecule has 7 heteroatoms. The number of nitrogens with zero attached hydrogens (tertiary/aromatic N) is 2. The van der Waals surface area contributed by atoms with Crippen molar-refractivity contribution >= 4 is 11.8 Å². The van der Waals surface area contributed by atoms with Gasteiger partial charge in [-0.1, -0.05) is 12.1 Å². The number of hydrogen-bond donors (Lipinski definition) is 2. The van der Waals surface area contributed by atoms with Gasteiger partial charge in [-0.05, 0) is 32.0 Å². The highest BCUT2D eigenvalue weighted by atomic mass is 16.5. The molecule has 1 aromatic carbocycles. The third-order valence-corrected chi connectivity index (χ3v) is 3.06. The number of ether oxygens (including phenoxy) is 1. The maximum Gasteiger partial charge on any atom is 0.273 e. The van der Waals surface area contributed by atoms with Crippen molar-refractivity contribution in [2.45, 2.75) is 20.4 Å². The highest BCUT2D eigenvalue weighted by Crippen LogP contribution is 2.16. The van der Waals surface area contributed by atoms with E-state index in [1.165, 1.54) is 7.11 Å². The largest absolute Gasteiger partial charge is 0.496 e. The third kappa shape index (κ3) is 3.63. The van der Waals surface area contributed by atoms with Gasteiger partial charge in [0.25, 0.3) is 11.8 Å². The van der Waals surface area contributed by atoms with Crippen LogP contribution in [0.15, 0.2) is 30.3 Å². The summed E-state index contributed by atoms with van der Waals surface area (Å²) in [6.07, 6.45) is 0. The summed E-state index contributed by atoms with van der Waals surface area (Å²) in [5, 5.41) is 4.19. The molecular formula is C15H18N4O3. The molecule has 1 heterocycles. The summed E-state index contributed by atoms with van der Waals surface area (Å²) in [5.41, 5.74) is 6.78. The maximum atomic E-state index is 12.0. The number of methoxy groups -OCH3 is 1. The van der Waals surface area contributed by atoms with Crippen molar-refractivity contribution in [2.24, 2.45) is 0 Å². The fourth-order valence-corrected chi connectivity index (χ4v) is 2.04. The summed E-state index contributed by atoms with van der Waals surface area (Å²) in [6.45, 7) is 3.75. The first-order valence-electron chi connectivity index (χ1n) is 6.74. The van der Waals surface area contributed by atoms with Gasteiger partial charge in [0.05, 0.1) is 18.4 Å². The molecule has 1 aromatic heterocycles. The van der Waals surface area contributed by atoms with Gasteiger partial charge in [-0.25, -0.2) is 0 Å². The van der Waals surface area contributed by atoms with Crippen LogP contribution in [0.5, 0.6) is 5.75 Å². The second-order valence-electron chi connectivity index (χ2n) is 4.79. The minimum Gasteiger partial charge on any atom is -0.496 e. The first-order chi connectivity index (χ1) is 10.5. The first-order valence-corrected chi connectivity index (χ1v) is 6.74. The predicted octanol–water partition coefficient (Wildman–Crippen LogP) is 0.970. The molecule has 0 aliphatic heterocycles. The van der Waals surface area contributed by atoms with Crippen molar-refractivity contribution in [3.05, 3.63) is 47.3 Å². The molecule has 0 saturated heterocycles. The molecule has 7 nitrogen and oxygen atoms in total. The number of carbonyl (C=O) groups excluding carboxylic acids is 2. The van der Waals surface area contributed by atoms with Gasteiger partial charge in [-0.15, -0.1) is 0 Å². The van der Waals surface area contributed by atoms with Gasteiger partial charge < -0.3 is 4.74 Å². The van der Waals surface area contributed by atoms with Crippen LogP contribution < -0.4 is 15.6 Å². The molecule has 0 spiro atoms. The number of hydrazine groups is 1. The molecule has 22 heavy (non-hydrogen) atoms. The van der Waals surface area contributed by atoms with Gasteiger partial charge in [0.15, 0.2) is 0 Å². The van der Waals surface area contributed by atoms with E-state index in [9.17, 15) is 9.59 Å². The number of hydrogen-bond acceptors (Lipinski definition) is 4. The molecule has 0 radical (unpaired) electrons. The Morgan fingerprint density at radius 1 is 1.23 bits per heavy atom. The maximum absolute atomic E-state index is 12.0. The molecule has 2 N–H and O–H groups in total. The normalized spacial score (nSPS) is 10.1. The number of nitrogens with one attached hydrogen (secondary N) is 2. The van der Waals surface area contributed by atoms with Gasteiger partial charge in [-0.2, -0.15) is 5.10 Å². The summed E-state index contributed by atoms with van der Waals surface area (Å²) >= 11 is 0. The Morgan fingerprint density at radius 2 is 1.95 bits per heavy atom. The Morgan fingerprint density at radius 3 is 2.59 bits per heavy atom. The average Bonchev–Trinajstić information content (AvgIpc) is 2.82.